The molecule has 0 spiro atoms. The van der Waals surface area contributed by atoms with Crippen molar-refractivity contribution < 1.29 is 41.4 Å². The Labute approximate surface area is 270 Å². The molecule has 1 aliphatic heterocycles. The van der Waals surface area contributed by atoms with E-state index in [-0.39, 0.29) is 57.6 Å². The first-order valence-corrected chi connectivity index (χ1v) is 16.5. The lowest BCUT2D eigenvalue weighted by Gasteiger charge is -2.36. The number of methoxy groups -OCH3 is 1. The zero-order valence-electron chi connectivity index (χ0n) is 25.1. The van der Waals surface area contributed by atoms with E-state index in [1.54, 1.807) is 37.3 Å². The summed E-state index contributed by atoms with van der Waals surface area (Å²) in [5, 5.41) is 12.3. The number of carbonyl (C=O) groups is 2. The zero-order valence-corrected chi connectivity index (χ0v) is 26.7. The molecule has 2 N–H and O–H groups in total. The Balaban J connectivity index is 1.44. The molecule has 46 heavy (non-hydrogen) atoms. The van der Waals surface area contributed by atoms with Crippen LogP contribution < -0.4 is 19.1 Å². The Morgan fingerprint density at radius 1 is 1.07 bits per heavy atom. The van der Waals surface area contributed by atoms with Crippen LogP contribution in [0.3, 0.4) is 0 Å². The van der Waals surface area contributed by atoms with E-state index < -0.39 is 39.6 Å². The van der Waals surface area contributed by atoms with E-state index in [9.17, 15) is 31.9 Å². The minimum atomic E-state index is -4.31. The van der Waals surface area contributed by atoms with Gasteiger partial charge in [0.05, 0.1) is 41.7 Å². The van der Waals surface area contributed by atoms with Crippen LogP contribution in [-0.4, -0.2) is 51.7 Å². The van der Waals surface area contributed by atoms with Gasteiger partial charge in [-0.05, 0) is 80.1 Å². The number of carbonyl (C=O) groups excluding carboxylic acids is 1. The quantitative estimate of drug-likeness (QED) is 0.261. The summed E-state index contributed by atoms with van der Waals surface area (Å²) in [5.41, 5.74) is 1.46. The summed E-state index contributed by atoms with van der Waals surface area (Å²) in [6.07, 6.45) is 2.59. The van der Waals surface area contributed by atoms with Crippen molar-refractivity contribution in [1.82, 2.24) is 5.32 Å². The van der Waals surface area contributed by atoms with Gasteiger partial charge in [-0.2, -0.15) is 0 Å². The van der Waals surface area contributed by atoms with Crippen molar-refractivity contribution in [2.24, 2.45) is 11.8 Å². The SMILES string of the molecule is COc1cc(S(=O)(=O)N2C[C@H](CNC(=O)[C@H]3CC[C@H](C(=O)O)CC3)Oc3ccc(/C=C(\C)c4c(F)cccc4Cl)cc32)ccc1F. The lowest BCUT2D eigenvalue weighted by molar-refractivity contribution is -0.144. The summed E-state index contributed by atoms with van der Waals surface area (Å²) in [6, 6.07) is 12.5. The molecule has 13 heteroatoms. The predicted molar refractivity (Wildman–Crippen MR) is 169 cm³/mol. The van der Waals surface area contributed by atoms with Gasteiger partial charge in [0.2, 0.25) is 5.91 Å². The molecule has 0 radical (unpaired) electrons. The number of ether oxygens (including phenoxy) is 2. The molecule has 9 nitrogen and oxygen atoms in total. The van der Waals surface area contributed by atoms with E-state index in [1.807, 2.05) is 0 Å². The molecule has 1 aliphatic carbocycles. The number of aliphatic carboxylic acids is 1. The summed E-state index contributed by atoms with van der Waals surface area (Å²) >= 11 is 6.25. The number of benzene rings is 3. The molecule has 0 unspecified atom stereocenters. The number of halogens is 3. The maximum atomic E-state index is 14.6. The smallest absolute Gasteiger partial charge is 0.306 e. The number of allylic oxidation sites excluding steroid dienone is 1. The molecule has 1 heterocycles. The van der Waals surface area contributed by atoms with Crippen LogP contribution in [-0.2, 0) is 19.6 Å². The first-order chi connectivity index (χ1) is 21.9. The van der Waals surface area contributed by atoms with Gasteiger partial charge in [-0.25, -0.2) is 17.2 Å². The predicted octanol–water partition coefficient (Wildman–Crippen LogP) is 6.15. The third kappa shape index (κ3) is 6.97. The number of nitrogens with zero attached hydrogens (tertiary/aromatic N) is 1. The van der Waals surface area contributed by atoms with Crippen LogP contribution in [0, 0.1) is 23.5 Å². The number of hydrogen-bond acceptors (Lipinski definition) is 6. The number of carboxylic acid groups (broad SMARTS) is 1. The molecule has 244 valence electrons. The fourth-order valence-corrected chi connectivity index (χ4v) is 7.67. The lowest BCUT2D eigenvalue weighted by Crippen LogP contribution is -2.49. The highest BCUT2D eigenvalue weighted by molar-refractivity contribution is 7.92. The van der Waals surface area contributed by atoms with Crippen LogP contribution in [0.25, 0.3) is 11.6 Å². The van der Waals surface area contributed by atoms with Gasteiger partial charge in [-0.3, -0.25) is 13.9 Å². The van der Waals surface area contributed by atoms with E-state index >= 15 is 0 Å². The number of nitrogens with one attached hydrogen (secondary N) is 1. The zero-order chi connectivity index (χ0) is 33.2. The summed E-state index contributed by atoms with van der Waals surface area (Å²) < 4.78 is 69.2. The van der Waals surface area contributed by atoms with Gasteiger partial charge in [-0.1, -0.05) is 29.8 Å². The Hall–Kier alpha value is -4.16. The van der Waals surface area contributed by atoms with Crippen molar-refractivity contribution in [1.29, 1.82) is 0 Å². The molecule has 1 amide bonds. The number of rotatable bonds is 9. The van der Waals surface area contributed by atoms with Crippen molar-refractivity contribution >= 4 is 50.8 Å². The van der Waals surface area contributed by atoms with Crippen molar-refractivity contribution in [2.45, 2.75) is 43.6 Å². The maximum absolute atomic E-state index is 14.6. The molecule has 0 bridgehead atoms. The number of amides is 1. The van der Waals surface area contributed by atoms with Gasteiger partial charge >= 0.3 is 5.97 Å². The number of hydrogen-bond donors (Lipinski definition) is 2. The van der Waals surface area contributed by atoms with E-state index in [2.05, 4.69) is 5.32 Å². The van der Waals surface area contributed by atoms with Gasteiger partial charge in [-0.15, -0.1) is 0 Å². The second-order valence-corrected chi connectivity index (χ2v) is 13.6. The van der Waals surface area contributed by atoms with Gasteiger partial charge in [0, 0.05) is 17.5 Å². The number of anilines is 1. The van der Waals surface area contributed by atoms with Crippen molar-refractivity contribution in [3.8, 4) is 11.5 Å². The number of fused-ring (bicyclic) bond motifs is 1. The van der Waals surface area contributed by atoms with Gasteiger partial charge in [0.1, 0.15) is 17.7 Å². The Morgan fingerprint density at radius 2 is 1.78 bits per heavy atom. The van der Waals surface area contributed by atoms with E-state index in [4.69, 9.17) is 21.1 Å². The van der Waals surface area contributed by atoms with Crippen molar-refractivity contribution in [3.63, 3.8) is 0 Å². The minimum Gasteiger partial charge on any atom is -0.494 e. The summed E-state index contributed by atoms with van der Waals surface area (Å²) in [4.78, 5) is 24.0. The van der Waals surface area contributed by atoms with E-state index in [0.29, 0.717) is 36.8 Å². The average molecular weight is 675 g/mol. The highest BCUT2D eigenvalue weighted by Gasteiger charge is 2.36. The molecule has 1 fully saturated rings. The van der Waals surface area contributed by atoms with Crippen LogP contribution in [0.2, 0.25) is 5.02 Å². The standard InChI is InChI=1S/C33H33ClF2N2O7S/c1-19(31-25(34)4-3-5-27(31)36)14-20-6-13-29-28(15-20)38(46(42,43)24-11-12-26(35)30(16-24)44-2)18-23(45-29)17-37-32(39)21-7-9-22(10-8-21)33(40)41/h3-6,11-16,21-23H,7-10,17-18H2,1-2H3,(H,37,39)(H,40,41)/b19-14+/t21-,22-,23-/m0/s1. The molecule has 5 rings (SSSR count). The maximum Gasteiger partial charge on any atom is 0.306 e. The fraction of sp³-hybridized carbons (Fsp3) is 0.333. The van der Waals surface area contributed by atoms with E-state index in [0.717, 1.165) is 22.5 Å². The van der Waals surface area contributed by atoms with Crippen molar-refractivity contribution in [3.05, 3.63) is 82.4 Å². The summed E-state index contributed by atoms with van der Waals surface area (Å²) in [7, 11) is -3.07. The van der Waals surface area contributed by atoms with Crippen LogP contribution >= 0.6 is 11.6 Å². The number of sulfonamides is 1. The van der Waals surface area contributed by atoms with Crippen molar-refractivity contribution in [2.75, 3.05) is 24.5 Å². The largest absolute Gasteiger partial charge is 0.494 e. The fourth-order valence-electron chi connectivity index (χ4n) is 5.84. The van der Waals surface area contributed by atoms with Gasteiger partial charge < -0.3 is 19.9 Å². The molecular formula is C33H33ClF2N2O7S. The Bertz CT molecular complexity index is 1770. The van der Waals surface area contributed by atoms with Gasteiger partial charge in [0.25, 0.3) is 10.0 Å². The van der Waals surface area contributed by atoms with Crippen LogP contribution in [0.1, 0.15) is 43.7 Å². The molecule has 0 saturated heterocycles. The minimum absolute atomic E-state index is 0.0115. The molecule has 2 aliphatic rings. The molecule has 1 atom stereocenters. The molecular weight excluding hydrogens is 642 g/mol. The third-order valence-corrected chi connectivity index (χ3v) is 10.4. The summed E-state index contributed by atoms with van der Waals surface area (Å²) in [5.74, 6) is -3.17. The van der Waals surface area contributed by atoms with Crippen LogP contribution in [0.15, 0.2) is 59.5 Å². The molecule has 3 aromatic rings. The second kappa shape index (κ2) is 13.7. The first-order valence-electron chi connectivity index (χ1n) is 14.7. The molecule has 3 aromatic carbocycles. The summed E-state index contributed by atoms with van der Waals surface area (Å²) in [6.45, 7) is 1.49. The normalized spacial score (nSPS) is 20.0. The van der Waals surface area contributed by atoms with Crippen LogP contribution in [0.4, 0.5) is 14.5 Å². The van der Waals surface area contributed by atoms with E-state index in [1.165, 1.54) is 19.2 Å². The second-order valence-electron chi connectivity index (χ2n) is 11.4. The van der Waals surface area contributed by atoms with Gasteiger partial charge in [0.15, 0.2) is 11.6 Å². The Morgan fingerprint density at radius 3 is 2.46 bits per heavy atom. The monoisotopic (exact) mass is 674 g/mol. The lowest BCUT2D eigenvalue weighted by atomic mass is 9.81. The topological polar surface area (TPSA) is 122 Å². The first kappa shape index (κ1) is 33.2. The highest BCUT2D eigenvalue weighted by atomic mass is 35.5. The molecule has 1 saturated carbocycles. The van der Waals surface area contributed by atoms with Crippen LogP contribution in [0.5, 0.6) is 11.5 Å². The third-order valence-electron chi connectivity index (χ3n) is 8.32. The highest BCUT2D eigenvalue weighted by Crippen LogP contribution is 2.39. The number of carboxylic acids is 1. The Kier molecular flexibility index (Phi) is 9.88. The molecule has 0 aromatic heterocycles. The average Bonchev–Trinajstić information content (AvgIpc) is 3.03.